The summed E-state index contributed by atoms with van der Waals surface area (Å²) in [5.41, 5.74) is 3.03. The Hall–Kier alpha value is -0.630. The number of nitrogens with zero attached hydrogens (tertiary/aromatic N) is 2. The number of rotatable bonds is 44. The lowest BCUT2D eigenvalue weighted by molar-refractivity contribution is 0.257. The maximum absolute atomic E-state index is 4.83. The first kappa shape index (κ1) is 52.4. The first-order valence-electron chi connectivity index (χ1n) is 24.9. The summed E-state index contributed by atoms with van der Waals surface area (Å²) in [5.74, 6) is 1.85. The van der Waals surface area contributed by atoms with E-state index in [0.29, 0.717) is 0 Å². The Kier molecular flexibility index (Phi) is 42.0. The topological polar surface area (TPSA) is 15.6 Å². The van der Waals surface area contributed by atoms with Gasteiger partial charge in [0.05, 0.1) is 0 Å². The van der Waals surface area contributed by atoms with E-state index in [2.05, 4.69) is 53.1 Å². The molecule has 0 bridgehead atoms. The van der Waals surface area contributed by atoms with Crippen LogP contribution in [-0.2, 0) is 0 Å². The molecule has 0 aliphatic rings. The van der Waals surface area contributed by atoms with Crippen LogP contribution in [0.5, 0.6) is 0 Å². The first-order chi connectivity index (χ1) is 26.0. The molecule has 0 aliphatic carbocycles. The third kappa shape index (κ3) is 36.7. The Morgan fingerprint density at radius 3 is 1.15 bits per heavy atom. The van der Waals surface area contributed by atoms with Gasteiger partial charge in [0.15, 0.2) is 0 Å². The van der Waals surface area contributed by atoms with Crippen molar-refractivity contribution in [1.29, 1.82) is 0 Å². The highest BCUT2D eigenvalue weighted by atomic mass is 15.1. The van der Waals surface area contributed by atoms with E-state index in [4.69, 9.17) is 4.99 Å². The quantitative estimate of drug-likeness (QED) is 0.0345. The van der Waals surface area contributed by atoms with E-state index >= 15 is 0 Å². The van der Waals surface area contributed by atoms with Gasteiger partial charge in [0.25, 0.3) is 0 Å². The fourth-order valence-electron chi connectivity index (χ4n) is 8.56. The minimum Gasteiger partial charge on any atom is -0.303 e. The first-order valence-corrected chi connectivity index (χ1v) is 24.9. The second-order valence-corrected chi connectivity index (χ2v) is 17.6. The van der Waals surface area contributed by atoms with Gasteiger partial charge in [-0.1, -0.05) is 214 Å². The van der Waals surface area contributed by atoms with Crippen molar-refractivity contribution in [2.45, 2.75) is 272 Å². The lowest BCUT2D eigenvalue weighted by atomic mass is 9.88. The molecule has 0 aromatic heterocycles. The normalized spacial score (nSPS) is 13.3. The minimum absolute atomic E-state index is 0.919. The molecule has 0 spiro atoms. The van der Waals surface area contributed by atoms with E-state index in [0.717, 1.165) is 11.8 Å². The highest BCUT2D eigenvalue weighted by Crippen LogP contribution is 2.27. The fourth-order valence-corrected chi connectivity index (χ4v) is 8.56. The van der Waals surface area contributed by atoms with Crippen LogP contribution in [0.1, 0.15) is 272 Å². The van der Waals surface area contributed by atoms with E-state index in [1.165, 1.54) is 268 Å². The van der Waals surface area contributed by atoms with Crippen molar-refractivity contribution in [3.63, 3.8) is 0 Å². The molecule has 0 saturated carbocycles. The molecule has 0 aromatic carbocycles. The van der Waals surface area contributed by atoms with E-state index in [9.17, 15) is 0 Å². The maximum Gasteiger partial charge on any atom is 0.0276 e. The molecule has 0 amide bonds. The third-order valence-corrected chi connectivity index (χ3v) is 12.4. The Labute approximate surface area is 337 Å². The molecule has 0 aliphatic heterocycles. The lowest BCUT2D eigenvalue weighted by Gasteiger charge is -2.23. The van der Waals surface area contributed by atoms with Gasteiger partial charge in [-0.2, -0.15) is 0 Å². The summed E-state index contributed by atoms with van der Waals surface area (Å²) in [6, 6.07) is 0. The van der Waals surface area contributed by atoms with Gasteiger partial charge in [0, 0.05) is 12.8 Å². The van der Waals surface area contributed by atoms with Gasteiger partial charge in [-0.15, -0.1) is 0 Å². The summed E-state index contributed by atoms with van der Waals surface area (Å²) >= 11 is 0. The average Bonchev–Trinajstić information content (AvgIpc) is 3.17. The third-order valence-electron chi connectivity index (χ3n) is 12.4. The number of aliphatic imine (C=N–C) groups is 1. The SMILES string of the molecule is C=C(CCCCN(CCCCC)CCCC/C(CCC(CCCCCC)CCCCCCCC)=N\C)CCC(CCCCCC)CCCCCCCC. The van der Waals surface area contributed by atoms with Gasteiger partial charge in [0.2, 0.25) is 0 Å². The summed E-state index contributed by atoms with van der Waals surface area (Å²) in [4.78, 5) is 7.63. The largest absolute Gasteiger partial charge is 0.303 e. The Balaban J connectivity index is 4.60. The smallest absolute Gasteiger partial charge is 0.0276 e. The van der Waals surface area contributed by atoms with Crippen molar-refractivity contribution in [1.82, 2.24) is 4.90 Å². The highest BCUT2D eigenvalue weighted by molar-refractivity contribution is 5.84. The van der Waals surface area contributed by atoms with Crippen LogP contribution in [0.15, 0.2) is 17.1 Å². The van der Waals surface area contributed by atoms with Crippen molar-refractivity contribution < 1.29 is 0 Å². The number of allylic oxidation sites excluding steroid dienone is 1. The minimum atomic E-state index is 0.919. The molecule has 316 valence electrons. The van der Waals surface area contributed by atoms with Gasteiger partial charge in [-0.25, -0.2) is 0 Å². The molecular formula is C51H102N2. The fraction of sp³-hybridized carbons (Fsp3) is 0.941. The molecule has 0 radical (unpaired) electrons. The molecule has 0 heterocycles. The summed E-state index contributed by atoms with van der Waals surface area (Å²) in [7, 11) is 2.06. The van der Waals surface area contributed by atoms with Gasteiger partial charge >= 0.3 is 0 Å². The second kappa shape index (κ2) is 42.5. The zero-order chi connectivity index (χ0) is 38.9. The lowest BCUT2D eigenvalue weighted by Crippen LogP contribution is -2.27. The molecule has 2 atom stereocenters. The zero-order valence-corrected chi connectivity index (χ0v) is 38.0. The van der Waals surface area contributed by atoms with Crippen molar-refractivity contribution in [3.05, 3.63) is 12.2 Å². The molecule has 53 heavy (non-hydrogen) atoms. The predicted molar refractivity (Wildman–Crippen MR) is 245 cm³/mol. The summed E-state index contributed by atoms with van der Waals surface area (Å²) in [6.45, 7) is 20.1. The molecule has 0 N–H and O–H groups in total. The molecule has 0 aromatic rings. The zero-order valence-electron chi connectivity index (χ0n) is 38.0. The van der Waals surface area contributed by atoms with Crippen molar-refractivity contribution in [3.8, 4) is 0 Å². The van der Waals surface area contributed by atoms with Crippen LogP contribution in [0.4, 0.5) is 0 Å². The van der Waals surface area contributed by atoms with Crippen LogP contribution in [0.2, 0.25) is 0 Å². The van der Waals surface area contributed by atoms with E-state index in [-0.39, 0.29) is 0 Å². The van der Waals surface area contributed by atoms with Crippen LogP contribution in [0, 0.1) is 11.8 Å². The molecular weight excluding hydrogens is 641 g/mol. The maximum atomic E-state index is 4.83. The van der Waals surface area contributed by atoms with Crippen LogP contribution in [0.25, 0.3) is 0 Å². The number of unbranched alkanes of at least 4 members (excludes halogenated alkanes) is 20. The van der Waals surface area contributed by atoms with E-state index < -0.39 is 0 Å². The summed E-state index contributed by atoms with van der Waals surface area (Å²) in [5, 5.41) is 0. The standard InChI is InChI=1S/C51H102N2/c1-8-13-18-22-24-28-38-49(36-26-20-15-10-3)42-41-48(6)35-30-33-46-53(45-32-17-12-5)47-34-31-40-51(52-7)44-43-50(37-27-21-16-11-4)39-29-25-23-19-14-9-2/h49-50H,6,8-47H2,1-5,7H3/b52-51+. The molecule has 0 fully saturated rings. The van der Waals surface area contributed by atoms with Crippen LogP contribution >= 0.6 is 0 Å². The Morgan fingerprint density at radius 2 is 0.717 bits per heavy atom. The number of hydrogen-bond acceptors (Lipinski definition) is 2. The average molecular weight is 743 g/mol. The Morgan fingerprint density at radius 1 is 0.377 bits per heavy atom. The molecule has 0 rings (SSSR count). The molecule has 2 nitrogen and oxygen atoms in total. The van der Waals surface area contributed by atoms with Crippen molar-refractivity contribution in [2.24, 2.45) is 16.8 Å². The number of hydrogen-bond donors (Lipinski definition) is 0. The van der Waals surface area contributed by atoms with Gasteiger partial charge < -0.3 is 4.90 Å². The summed E-state index contributed by atoms with van der Waals surface area (Å²) < 4.78 is 0. The van der Waals surface area contributed by atoms with Crippen LogP contribution in [0.3, 0.4) is 0 Å². The van der Waals surface area contributed by atoms with Gasteiger partial charge in [0.1, 0.15) is 0 Å². The predicted octanol–water partition coefficient (Wildman–Crippen LogP) is 17.7. The van der Waals surface area contributed by atoms with E-state index in [1.54, 1.807) is 0 Å². The monoisotopic (exact) mass is 743 g/mol. The second-order valence-electron chi connectivity index (χ2n) is 17.6. The molecule has 0 saturated heterocycles. The molecule has 2 heteroatoms. The van der Waals surface area contributed by atoms with Crippen molar-refractivity contribution in [2.75, 3.05) is 26.7 Å². The Bertz CT molecular complexity index is 755. The highest BCUT2D eigenvalue weighted by Gasteiger charge is 2.13. The molecule has 2 unspecified atom stereocenters. The van der Waals surface area contributed by atoms with E-state index in [1.807, 2.05) is 0 Å². The van der Waals surface area contributed by atoms with Crippen molar-refractivity contribution >= 4 is 5.71 Å². The van der Waals surface area contributed by atoms with Gasteiger partial charge in [-0.3, -0.25) is 4.99 Å². The van der Waals surface area contributed by atoms with Gasteiger partial charge in [-0.05, 0) is 102 Å². The summed E-state index contributed by atoms with van der Waals surface area (Å²) in [6.07, 6.45) is 51.3. The van der Waals surface area contributed by atoms with Crippen LogP contribution < -0.4 is 0 Å². The van der Waals surface area contributed by atoms with Crippen LogP contribution in [-0.4, -0.2) is 37.3 Å².